The van der Waals surface area contributed by atoms with E-state index in [0.717, 1.165) is 42.4 Å². The fourth-order valence-corrected chi connectivity index (χ4v) is 4.19. The summed E-state index contributed by atoms with van der Waals surface area (Å²) in [6.45, 7) is 1.73. The molecule has 2 heterocycles. The van der Waals surface area contributed by atoms with Gasteiger partial charge >= 0.3 is 0 Å². The quantitative estimate of drug-likeness (QED) is 0.890. The van der Waals surface area contributed by atoms with Gasteiger partial charge < -0.3 is 5.32 Å². The van der Waals surface area contributed by atoms with Crippen LogP contribution in [0.5, 0.6) is 0 Å². The van der Waals surface area contributed by atoms with E-state index >= 15 is 0 Å². The van der Waals surface area contributed by atoms with Crippen LogP contribution >= 0.6 is 12.4 Å². The van der Waals surface area contributed by atoms with Crippen molar-refractivity contribution in [2.45, 2.75) is 24.6 Å². The molecular weight excluding hydrogens is 322 g/mol. The van der Waals surface area contributed by atoms with E-state index in [0.29, 0.717) is 0 Å². The summed E-state index contributed by atoms with van der Waals surface area (Å²) < 4.78 is 27.5. The molecule has 1 aromatic carbocycles. The average Bonchev–Trinajstić information content (AvgIpc) is 2.48. The van der Waals surface area contributed by atoms with Crippen LogP contribution in [0.1, 0.15) is 18.4 Å². The summed E-state index contributed by atoms with van der Waals surface area (Å²) in [4.78, 5) is 4.31. The van der Waals surface area contributed by atoms with Crippen molar-refractivity contribution in [3.8, 4) is 0 Å². The number of halogens is 1. The minimum atomic E-state index is -3.34. The number of sulfonamides is 1. The lowest BCUT2D eigenvalue weighted by atomic mass is 10.1. The van der Waals surface area contributed by atoms with Crippen molar-refractivity contribution in [3.63, 3.8) is 0 Å². The van der Waals surface area contributed by atoms with Crippen LogP contribution in [0.3, 0.4) is 0 Å². The molecule has 0 spiro atoms. The number of para-hydroxylation sites is 1. The summed E-state index contributed by atoms with van der Waals surface area (Å²) in [6.07, 6.45) is 3.37. The second-order valence-corrected chi connectivity index (χ2v) is 7.15. The first-order chi connectivity index (χ1) is 10.1. The number of rotatable bonds is 4. The third-order valence-corrected chi connectivity index (χ3v) is 5.13. The predicted molar refractivity (Wildman–Crippen MR) is 90.6 cm³/mol. The van der Waals surface area contributed by atoms with Gasteiger partial charge in [-0.15, -0.1) is 12.4 Å². The lowest BCUT2D eigenvalue weighted by molar-refractivity contribution is 0.427. The maximum Gasteiger partial charge on any atom is 0.216 e. The van der Waals surface area contributed by atoms with Gasteiger partial charge in [0.15, 0.2) is 0 Å². The average molecular weight is 342 g/mol. The summed E-state index contributed by atoms with van der Waals surface area (Å²) in [5, 5.41) is 4.19. The molecule has 120 valence electrons. The molecule has 1 aliphatic rings. The monoisotopic (exact) mass is 341 g/mol. The van der Waals surface area contributed by atoms with Crippen LogP contribution in [0.25, 0.3) is 10.9 Å². The zero-order chi connectivity index (χ0) is 14.7. The Labute approximate surface area is 137 Å². The van der Waals surface area contributed by atoms with Gasteiger partial charge in [0.2, 0.25) is 10.0 Å². The summed E-state index contributed by atoms with van der Waals surface area (Å²) >= 11 is 0. The number of pyridine rings is 1. The van der Waals surface area contributed by atoms with E-state index in [1.54, 1.807) is 6.20 Å². The number of nitrogens with one attached hydrogen (secondary N) is 2. The highest BCUT2D eigenvalue weighted by molar-refractivity contribution is 7.88. The van der Waals surface area contributed by atoms with Crippen molar-refractivity contribution >= 4 is 33.3 Å². The molecule has 1 aliphatic heterocycles. The van der Waals surface area contributed by atoms with Gasteiger partial charge in [0, 0.05) is 17.6 Å². The molecule has 2 aromatic rings. The van der Waals surface area contributed by atoms with Crippen LogP contribution in [-0.2, 0) is 15.8 Å². The maximum atomic E-state index is 12.4. The molecule has 0 unspecified atom stereocenters. The Morgan fingerprint density at radius 3 is 2.68 bits per heavy atom. The van der Waals surface area contributed by atoms with Crippen molar-refractivity contribution in [1.29, 1.82) is 0 Å². The Kier molecular flexibility index (Phi) is 5.74. The molecule has 0 amide bonds. The topological polar surface area (TPSA) is 71.1 Å². The van der Waals surface area contributed by atoms with E-state index in [-0.39, 0.29) is 24.2 Å². The van der Waals surface area contributed by atoms with Crippen LogP contribution in [-0.4, -0.2) is 32.5 Å². The fourth-order valence-electron chi connectivity index (χ4n) is 2.72. The number of fused-ring (bicyclic) bond motifs is 1. The summed E-state index contributed by atoms with van der Waals surface area (Å²) in [5.41, 5.74) is 1.50. The number of benzene rings is 1. The number of aromatic nitrogens is 1. The SMILES string of the molecule is Cl.O=S(=O)(Cc1cccc2cccnc12)NC1CCNCC1. The first kappa shape index (κ1) is 17.1. The molecule has 0 aliphatic carbocycles. The second-order valence-electron chi connectivity index (χ2n) is 5.39. The number of hydrogen-bond acceptors (Lipinski definition) is 4. The van der Waals surface area contributed by atoms with E-state index in [1.165, 1.54) is 0 Å². The molecule has 5 nitrogen and oxygen atoms in total. The Morgan fingerprint density at radius 2 is 1.91 bits per heavy atom. The maximum absolute atomic E-state index is 12.4. The number of hydrogen-bond donors (Lipinski definition) is 2. The van der Waals surface area contributed by atoms with Gasteiger partial charge in [0.25, 0.3) is 0 Å². The molecule has 0 atom stereocenters. The van der Waals surface area contributed by atoms with Gasteiger partial charge in [-0.1, -0.05) is 24.3 Å². The van der Waals surface area contributed by atoms with Crippen molar-refractivity contribution in [1.82, 2.24) is 15.0 Å². The Balaban J connectivity index is 0.00000176. The zero-order valence-electron chi connectivity index (χ0n) is 12.2. The first-order valence-electron chi connectivity index (χ1n) is 7.17. The molecule has 7 heteroatoms. The third kappa shape index (κ3) is 4.16. The van der Waals surface area contributed by atoms with Crippen LogP contribution in [0, 0.1) is 0 Å². The first-order valence-corrected chi connectivity index (χ1v) is 8.83. The molecule has 3 rings (SSSR count). The van der Waals surface area contributed by atoms with E-state index in [2.05, 4.69) is 15.0 Å². The lowest BCUT2D eigenvalue weighted by Gasteiger charge is -2.23. The highest BCUT2D eigenvalue weighted by Gasteiger charge is 2.21. The molecule has 1 saturated heterocycles. The highest BCUT2D eigenvalue weighted by Crippen LogP contribution is 2.18. The third-order valence-electron chi connectivity index (χ3n) is 3.75. The standard InChI is InChI=1S/C15H19N3O2S.ClH/c19-21(20,18-14-6-9-16-10-7-14)11-13-4-1-3-12-5-2-8-17-15(12)13;/h1-5,8,14,16,18H,6-7,9-11H2;1H. The molecule has 1 fully saturated rings. The molecule has 0 saturated carbocycles. The van der Waals surface area contributed by atoms with Gasteiger partial charge in [-0.3, -0.25) is 4.98 Å². The minimum Gasteiger partial charge on any atom is -0.317 e. The van der Waals surface area contributed by atoms with Crippen LogP contribution in [0.4, 0.5) is 0 Å². The smallest absolute Gasteiger partial charge is 0.216 e. The van der Waals surface area contributed by atoms with Gasteiger partial charge in [0.1, 0.15) is 0 Å². The Bertz CT molecular complexity index is 725. The van der Waals surface area contributed by atoms with Crippen molar-refractivity contribution in [2.24, 2.45) is 0 Å². The summed E-state index contributed by atoms with van der Waals surface area (Å²) in [6, 6.07) is 9.49. The number of piperidine rings is 1. The van der Waals surface area contributed by atoms with Gasteiger partial charge in [-0.05, 0) is 37.6 Å². The minimum absolute atomic E-state index is 0. The predicted octanol–water partition coefficient (Wildman–Crippen LogP) is 1.83. The Hall–Kier alpha value is -1.21. The van der Waals surface area contributed by atoms with Crippen LogP contribution in [0.15, 0.2) is 36.5 Å². The van der Waals surface area contributed by atoms with Gasteiger partial charge in [-0.2, -0.15) is 0 Å². The van der Waals surface area contributed by atoms with Gasteiger partial charge in [0.05, 0.1) is 11.3 Å². The zero-order valence-corrected chi connectivity index (χ0v) is 13.8. The molecule has 2 N–H and O–H groups in total. The van der Waals surface area contributed by atoms with Crippen LogP contribution in [0.2, 0.25) is 0 Å². The van der Waals surface area contributed by atoms with E-state index < -0.39 is 10.0 Å². The fraction of sp³-hybridized carbons (Fsp3) is 0.400. The van der Waals surface area contributed by atoms with Crippen LogP contribution < -0.4 is 10.0 Å². The van der Waals surface area contributed by atoms with Crippen molar-refractivity contribution in [3.05, 3.63) is 42.1 Å². The normalized spacial score (nSPS) is 16.4. The number of nitrogens with zero attached hydrogens (tertiary/aromatic N) is 1. The van der Waals surface area contributed by atoms with E-state index in [9.17, 15) is 8.42 Å². The van der Waals surface area contributed by atoms with Crippen molar-refractivity contribution in [2.75, 3.05) is 13.1 Å². The molecule has 0 radical (unpaired) electrons. The molecule has 0 bridgehead atoms. The van der Waals surface area contributed by atoms with E-state index in [1.807, 2.05) is 30.3 Å². The molecule has 22 heavy (non-hydrogen) atoms. The van der Waals surface area contributed by atoms with E-state index in [4.69, 9.17) is 0 Å². The largest absolute Gasteiger partial charge is 0.317 e. The Morgan fingerprint density at radius 1 is 1.18 bits per heavy atom. The lowest BCUT2D eigenvalue weighted by Crippen LogP contribution is -2.43. The molecular formula is C15H20ClN3O2S. The molecule has 1 aromatic heterocycles. The summed E-state index contributed by atoms with van der Waals surface area (Å²) in [5.74, 6) is -0.0225. The van der Waals surface area contributed by atoms with Crippen molar-refractivity contribution < 1.29 is 8.42 Å². The second kappa shape index (κ2) is 7.37. The van der Waals surface area contributed by atoms with Gasteiger partial charge in [-0.25, -0.2) is 13.1 Å². The highest BCUT2D eigenvalue weighted by atomic mass is 35.5. The summed E-state index contributed by atoms with van der Waals surface area (Å²) in [7, 11) is -3.34.